The molecule has 7 nitrogen and oxygen atoms in total. The minimum Gasteiger partial charge on any atom is -0.493 e. The molecular formula is C20H28N2O5. The first kappa shape index (κ1) is 20.7. The molecule has 1 heterocycles. The summed E-state index contributed by atoms with van der Waals surface area (Å²) in [5, 5.41) is 2.71. The predicted molar refractivity (Wildman–Crippen MR) is 100 cm³/mol. The van der Waals surface area contributed by atoms with Crippen LogP contribution >= 0.6 is 0 Å². The summed E-state index contributed by atoms with van der Waals surface area (Å²) < 4.78 is 10.7. The lowest BCUT2D eigenvalue weighted by Crippen LogP contribution is -2.57. The molecule has 0 aliphatic carbocycles. The lowest BCUT2D eigenvalue weighted by Gasteiger charge is -2.34. The Labute approximate surface area is 160 Å². The fraction of sp³-hybridized carbons (Fsp3) is 0.550. The molecule has 2 amide bonds. The number of esters is 1. The number of ether oxygens (including phenoxy) is 2. The van der Waals surface area contributed by atoms with Crippen molar-refractivity contribution in [1.29, 1.82) is 0 Å². The van der Waals surface area contributed by atoms with E-state index in [0.717, 1.165) is 0 Å². The van der Waals surface area contributed by atoms with Gasteiger partial charge < -0.3 is 19.7 Å². The molecule has 0 saturated carbocycles. The maximum Gasteiger partial charge on any atom is 0.308 e. The number of carbonyl (C=O) groups excluding carboxylic acids is 3. The molecule has 7 heteroatoms. The Hall–Kier alpha value is -2.57. The molecular weight excluding hydrogens is 348 g/mol. The van der Waals surface area contributed by atoms with Crippen molar-refractivity contribution in [2.45, 2.75) is 39.7 Å². The van der Waals surface area contributed by atoms with Gasteiger partial charge in [-0.3, -0.25) is 14.4 Å². The van der Waals surface area contributed by atoms with E-state index in [1.807, 2.05) is 6.92 Å². The first-order valence-electron chi connectivity index (χ1n) is 9.39. The quantitative estimate of drug-likeness (QED) is 0.702. The molecule has 1 aromatic carbocycles. The topological polar surface area (TPSA) is 84.9 Å². The molecule has 1 N–H and O–H groups in total. The Morgan fingerprint density at radius 3 is 2.59 bits per heavy atom. The van der Waals surface area contributed by atoms with Crippen LogP contribution in [-0.4, -0.2) is 55.0 Å². The Bertz CT molecular complexity index is 657. The van der Waals surface area contributed by atoms with E-state index < -0.39 is 12.0 Å². The van der Waals surface area contributed by atoms with Crippen LogP contribution in [0.1, 0.15) is 44.0 Å². The third-order valence-electron chi connectivity index (χ3n) is 4.10. The number of nitrogens with zero attached hydrogens (tertiary/aromatic N) is 1. The molecule has 0 radical (unpaired) electrons. The minimum atomic E-state index is -0.854. The molecule has 1 saturated heterocycles. The number of amides is 2. The van der Waals surface area contributed by atoms with Crippen molar-refractivity contribution in [1.82, 2.24) is 10.2 Å². The molecule has 0 bridgehead atoms. The van der Waals surface area contributed by atoms with Gasteiger partial charge in [0.05, 0.1) is 19.6 Å². The molecule has 148 valence electrons. The number of hydrogen-bond acceptors (Lipinski definition) is 5. The number of rotatable bonds is 8. The van der Waals surface area contributed by atoms with Gasteiger partial charge in [-0.05, 0) is 36.6 Å². The highest BCUT2D eigenvalue weighted by Gasteiger charge is 2.35. The molecule has 0 aromatic heterocycles. The van der Waals surface area contributed by atoms with Crippen LogP contribution in [0.2, 0.25) is 0 Å². The molecule has 0 spiro atoms. The number of piperazine rings is 1. The first-order chi connectivity index (χ1) is 12.9. The zero-order valence-electron chi connectivity index (χ0n) is 16.2. The zero-order valence-corrected chi connectivity index (χ0v) is 16.2. The highest BCUT2D eigenvalue weighted by molar-refractivity contribution is 5.99. The second kappa shape index (κ2) is 9.94. The van der Waals surface area contributed by atoms with Crippen LogP contribution in [0, 0.1) is 5.92 Å². The van der Waals surface area contributed by atoms with E-state index in [1.165, 1.54) is 4.90 Å². The zero-order chi connectivity index (χ0) is 19.8. The first-order valence-corrected chi connectivity index (χ1v) is 9.39. The lowest BCUT2D eigenvalue weighted by atomic mass is 10.1. The maximum absolute atomic E-state index is 12.9. The van der Waals surface area contributed by atoms with Gasteiger partial charge in [-0.15, -0.1) is 0 Å². The van der Waals surface area contributed by atoms with Crippen LogP contribution < -0.4 is 10.1 Å². The SMILES string of the molecule is CCCOC(=O)C[C@H]1C(=O)NCCN1C(=O)c1ccc(OCC(C)C)cc1. The van der Waals surface area contributed by atoms with Gasteiger partial charge in [0.2, 0.25) is 5.91 Å². The molecule has 1 fully saturated rings. The molecule has 2 rings (SSSR count). The fourth-order valence-corrected chi connectivity index (χ4v) is 2.72. The maximum atomic E-state index is 12.9. The number of carbonyl (C=O) groups is 3. The van der Waals surface area contributed by atoms with Gasteiger partial charge in [0.15, 0.2) is 0 Å². The standard InChI is InChI=1S/C20H28N2O5/c1-4-11-26-18(23)12-17-19(24)21-9-10-22(17)20(25)15-5-7-16(8-6-15)27-13-14(2)3/h5-8,14,17H,4,9-13H2,1-3H3,(H,21,24)/t17-/m0/s1. The van der Waals surface area contributed by atoms with Gasteiger partial charge in [0.25, 0.3) is 5.91 Å². The summed E-state index contributed by atoms with van der Waals surface area (Å²) in [4.78, 5) is 38.5. The van der Waals surface area contributed by atoms with E-state index in [-0.39, 0.29) is 18.2 Å². The van der Waals surface area contributed by atoms with Crippen molar-refractivity contribution in [2.75, 3.05) is 26.3 Å². The second-order valence-corrected chi connectivity index (χ2v) is 6.96. The van der Waals surface area contributed by atoms with Crippen LogP contribution in [-0.2, 0) is 14.3 Å². The molecule has 0 unspecified atom stereocenters. The summed E-state index contributed by atoms with van der Waals surface area (Å²) >= 11 is 0. The summed E-state index contributed by atoms with van der Waals surface area (Å²) in [6.07, 6.45) is 0.559. The smallest absolute Gasteiger partial charge is 0.308 e. The van der Waals surface area contributed by atoms with Gasteiger partial charge in [-0.25, -0.2) is 0 Å². The minimum absolute atomic E-state index is 0.146. The van der Waals surface area contributed by atoms with Gasteiger partial charge >= 0.3 is 5.97 Å². The third-order valence-corrected chi connectivity index (χ3v) is 4.10. The second-order valence-electron chi connectivity index (χ2n) is 6.96. The summed E-state index contributed by atoms with van der Waals surface area (Å²) in [5.41, 5.74) is 0.452. The van der Waals surface area contributed by atoms with Gasteiger partial charge in [-0.2, -0.15) is 0 Å². The Balaban J connectivity index is 2.07. The van der Waals surface area contributed by atoms with E-state index in [0.29, 0.717) is 50.0 Å². The van der Waals surface area contributed by atoms with Crippen LogP contribution in [0.4, 0.5) is 0 Å². The van der Waals surface area contributed by atoms with E-state index in [1.54, 1.807) is 24.3 Å². The normalized spacial score (nSPS) is 16.8. The lowest BCUT2D eigenvalue weighted by molar-refractivity contribution is -0.147. The van der Waals surface area contributed by atoms with Crippen LogP contribution in [0.5, 0.6) is 5.75 Å². The van der Waals surface area contributed by atoms with E-state index in [9.17, 15) is 14.4 Å². The molecule has 1 aliphatic heterocycles. The van der Waals surface area contributed by atoms with Crippen molar-refractivity contribution in [3.8, 4) is 5.75 Å². The number of hydrogen-bond donors (Lipinski definition) is 1. The summed E-state index contributed by atoms with van der Waals surface area (Å²) in [7, 11) is 0. The average Bonchev–Trinajstić information content (AvgIpc) is 2.66. The summed E-state index contributed by atoms with van der Waals surface area (Å²) in [5.74, 6) is 0.00495. The van der Waals surface area contributed by atoms with Crippen LogP contribution in [0.3, 0.4) is 0 Å². The molecule has 1 atom stereocenters. The van der Waals surface area contributed by atoms with E-state index in [2.05, 4.69) is 19.2 Å². The predicted octanol–water partition coefficient (Wildman–Crippen LogP) is 2.01. The van der Waals surface area contributed by atoms with Crippen molar-refractivity contribution < 1.29 is 23.9 Å². The van der Waals surface area contributed by atoms with Crippen molar-refractivity contribution in [3.63, 3.8) is 0 Å². The van der Waals surface area contributed by atoms with Crippen LogP contribution in [0.25, 0.3) is 0 Å². The van der Waals surface area contributed by atoms with Gasteiger partial charge in [0.1, 0.15) is 11.8 Å². The number of nitrogens with one attached hydrogen (secondary N) is 1. The van der Waals surface area contributed by atoms with Crippen molar-refractivity contribution >= 4 is 17.8 Å². The fourth-order valence-electron chi connectivity index (χ4n) is 2.72. The Kier molecular flexibility index (Phi) is 7.64. The van der Waals surface area contributed by atoms with E-state index in [4.69, 9.17) is 9.47 Å². The van der Waals surface area contributed by atoms with Crippen molar-refractivity contribution in [3.05, 3.63) is 29.8 Å². The highest BCUT2D eigenvalue weighted by atomic mass is 16.5. The monoisotopic (exact) mass is 376 g/mol. The van der Waals surface area contributed by atoms with E-state index >= 15 is 0 Å². The summed E-state index contributed by atoms with van der Waals surface area (Å²) in [6.45, 7) is 7.63. The highest BCUT2D eigenvalue weighted by Crippen LogP contribution is 2.18. The average molecular weight is 376 g/mol. The van der Waals surface area contributed by atoms with Crippen molar-refractivity contribution in [2.24, 2.45) is 5.92 Å². The van der Waals surface area contributed by atoms with Gasteiger partial charge in [0, 0.05) is 18.7 Å². The van der Waals surface area contributed by atoms with Gasteiger partial charge in [-0.1, -0.05) is 20.8 Å². The molecule has 1 aliphatic rings. The Morgan fingerprint density at radius 1 is 1.26 bits per heavy atom. The Morgan fingerprint density at radius 2 is 1.96 bits per heavy atom. The summed E-state index contributed by atoms with van der Waals surface area (Å²) in [6, 6.07) is 5.98. The van der Waals surface area contributed by atoms with Crippen LogP contribution in [0.15, 0.2) is 24.3 Å². The molecule has 1 aromatic rings. The number of benzene rings is 1. The largest absolute Gasteiger partial charge is 0.493 e. The molecule has 27 heavy (non-hydrogen) atoms. The third kappa shape index (κ3) is 5.98.